The van der Waals surface area contributed by atoms with Gasteiger partial charge in [0, 0.05) is 0 Å². The predicted octanol–water partition coefficient (Wildman–Crippen LogP) is 1.09. The van der Waals surface area contributed by atoms with Crippen LogP contribution in [-0.4, -0.2) is 15.3 Å². The van der Waals surface area contributed by atoms with Gasteiger partial charge in [-0.25, -0.2) is 0 Å². The zero-order valence-electron chi connectivity index (χ0n) is 4.47. The maximum absolute atomic E-state index is 8.51. The molecule has 9 heavy (non-hydrogen) atoms. The number of aromatic amines is 1. The number of aliphatic hydroxyl groups excluding tert-OH is 1. The Morgan fingerprint density at radius 3 is 2.67 bits per heavy atom. The zero-order chi connectivity index (χ0) is 5.98. The van der Waals surface area contributed by atoms with Gasteiger partial charge in [0.05, 0.1) is 23.0 Å². The quantitative estimate of drug-likeness (QED) is 0.734. The average molecular weight is 213 g/mol. The van der Waals surface area contributed by atoms with Gasteiger partial charge >= 0.3 is 0 Å². The Kier molecular flexibility index (Phi) is 3.84. The molecule has 5 heteroatoms. The Balaban J connectivity index is 0.000000640. The first kappa shape index (κ1) is 8.94. The topological polar surface area (TPSA) is 48.9 Å². The first-order chi connectivity index (χ1) is 3.84. The molecule has 0 saturated carbocycles. The molecule has 0 atom stereocenters. The molecule has 0 bridgehead atoms. The minimum atomic E-state index is 0. The van der Waals surface area contributed by atoms with Gasteiger partial charge in [-0.3, -0.25) is 5.10 Å². The van der Waals surface area contributed by atoms with Crippen LogP contribution in [0.25, 0.3) is 0 Å². The van der Waals surface area contributed by atoms with Gasteiger partial charge < -0.3 is 5.11 Å². The van der Waals surface area contributed by atoms with E-state index in [1.165, 1.54) is 0 Å². The average Bonchev–Trinajstić information content (AvgIpc) is 2.14. The van der Waals surface area contributed by atoms with E-state index in [4.69, 9.17) is 5.11 Å². The largest absolute Gasteiger partial charge is 0.390 e. The zero-order valence-corrected chi connectivity index (χ0v) is 6.87. The number of rotatable bonds is 1. The summed E-state index contributed by atoms with van der Waals surface area (Å²) < 4.78 is 0.819. The van der Waals surface area contributed by atoms with E-state index in [-0.39, 0.29) is 19.0 Å². The molecular weight excluding hydrogens is 207 g/mol. The molecule has 1 rings (SSSR count). The highest BCUT2D eigenvalue weighted by Crippen LogP contribution is 2.11. The Bertz CT molecular complexity index is 179. The third-order valence-electron chi connectivity index (χ3n) is 0.824. The second-order valence-corrected chi connectivity index (χ2v) is 2.21. The van der Waals surface area contributed by atoms with Gasteiger partial charge in [-0.05, 0) is 15.9 Å². The number of aliphatic hydroxyl groups is 1. The Labute approximate surface area is 67.0 Å². The van der Waals surface area contributed by atoms with E-state index in [0.717, 1.165) is 4.47 Å². The van der Waals surface area contributed by atoms with Crippen LogP contribution in [0.1, 0.15) is 5.69 Å². The first-order valence-corrected chi connectivity index (χ1v) is 2.92. The molecule has 0 spiro atoms. The number of H-pyrrole nitrogens is 1. The van der Waals surface area contributed by atoms with E-state index in [2.05, 4.69) is 26.1 Å². The highest BCUT2D eigenvalue weighted by atomic mass is 79.9. The van der Waals surface area contributed by atoms with Crippen molar-refractivity contribution in [3.8, 4) is 0 Å². The van der Waals surface area contributed by atoms with Crippen molar-refractivity contribution in [1.29, 1.82) is 0 Å². The standard InChI is InChI=1S/C4H5BrN2O.ClH/c5-3-1-6-7-4(3)2-8;/h1,8H,2H2,(H,6,7);1H. The molecule has 0 aliphatic carbocycles. The highest BCUT2D eigenvalue weighted by Gasteiger charge is 1.96. The van der Waals surface area contributed by atoms with Crippen LogP contribution >= 0.6 is 28.3 Å². The van der Waals surface area contributed by atoms with E-state index in [0.29, 0.717) is 5.69 Å². The van der Waals surface area contributed by atoms with Gasteiger partial charge in [0.15, 0.2) is 0 Å². The molecule has 3 nitrogen and oxygen atoms in total. The smallest absolute Gasteiger partial charge is 0.0858 e. The second-order valence-electron chi connectivity index (χ2n) is 1.35. The number of nitrogens with one attached hydrogen (secondary N) is 1. The van der Waals surface area contributed by atoms with Crippen molar-refractivity contribution in [2.45, 2.75) is 6.61 Å². The van der Waals surface area contributed by atoms with E-state index in [9.17, 15) is 0 Å². The summed E-state index contributed by atoms with van der Waals surface area (Å²) in [5.41, 5.74) is 0.713. The molecule has 2 N–H and O–H groups in total. The van der Waals surface area contributed by atoms with Crippen molar-refractivity contribution in [3.63, 3.8) is 0 Å². The van der Waals surface area contributed by atoms with Crippen LogP contribution in [0, 0.1) is 0 Å². The molecule has 0 fully saturated rings. The lowest BCUT2D eigenvalue weighted by atomic mass is 10.5. The van der Waals surface area contributed by atoms with Crippen LogP contribution in [0.15, 0.2) is 10.7 Å². The van der Waals surface area contributed by atoms with E-state index in [1.54, 1.807) is 6.20 Å². The minimum Gasteiger partial charge on any atom is -0.390 e. The molecule has 1 aromatic heterocycles. The van der Waals surface area contributed by atoms with Crippen LogP contribution in [0.4, 0.5) is 0 Å². The molecule has 0 radical (unpaired) electrons. The highest BCUT2D eigenvalue weighted by molar-refractivity contribution is 9.10. The predicted molar refractivity (Wildman–Crippen MR) is 39.5 cm³/mol. The van der Waals surface area contributed by atoms with Gasteiger partial charge in [-0.15, -0.1) is 12.4 Å². The molecule has 0 unspecified atom stereocenters. The van der Waals surface area contributed by atoms with Crippen molar-refractivity contribution >= 4 is 28.3 Å². The molecule has 1 aromatic rings. The number of nitrogens with zero attached hydrogens (tertiary/aromatic N) is 1. The summed E-state index contributed by atoms with van der Waals surface area (Å²) in [6, 6.07) is 0. The SMILES string of the molecule is Cl.OCc1[nH]ncc1Br. The summed E-state index contributed by atoms with van der Waals surface area (Å²) in [6.07, 6.45) is 1.60. The molecule has 0 aliphatic heterocycles. The number of halogens is 2. The molecule has 0 aliphatic rings. The van der Waals surface area contributed by atoms with Crippen LogP contribution in [0.5, 0.6) is 0 Å². The third kappa shape index (κ3) is 1.97. The Morgan fingerprint density at radius 1 is 1.78 bits per heavy atom. The van der Waals surface area contributed by atoms with Crippen molar-refractivity contribution in [2.75, 3.05) is 0 Å². The molecule has 0 saturated heterocycles. The summed E-state index contributed by atoms with van der Waals surface area (Å²) in [7, 11) is 0. The normalized spacial score (nSPS) is 8.67. The summed E-state index contributed by atoms with van der Waals surface area (Å²) in [5, 5.41) is 14.8. The fourth-order valence-corrected chi connectivity index (χ4v) is 0.725. The fourth-order valence-electron chi connectivity index (χ4n) is 0.409. The monoisotopic (exact) mass is 212 g/mol. The Hall–Kier alpha value is -0.0600. The fraction of sp³-hybridized carbons (Fsp3) is 0.250. The first-order valence-electron chi connectivity index (χ1n) is 2.13. The van der Waals surface area contributed by atoms with Crippen LogP contribution in [0.3, 0.4) is 0 Å². The van der Waals surface area contributed by atoms with E-state index < -0.39 is 0 Å². The van der Waals surface area contributed by atoms with Crippen molar-refractivity contribution in [2.24, 2.45) is 0 Å². The second kappa shape index (κ2) is 3.87. The maximum Gasteiger partial charge on any atom is 0.0858 e. The summed E-state index contributed by atoms with van der Waals surface area (Å²) in [5.74, 6) is 0. The van der Waals surface area contributed by atoms with Crippen molar-refractivity contribution in [3.05, 3.63) is 16.4 Å². The lowest BCUT2D eigenvalue weighted by Gasteiger charge is -1.84. The van der Waals surface area contributed by atoms with Gasteiger partial charge in [0.25, 0.3) is 0 Å². The summed E-state index contributed by atoms with van der Waals surface area (Å²) in [6.45, 7) is 0.000579. The van der Waals surface area contributed by atoms with Crippen LogP contribution in [0.2, 0.25) is 0 Å². The van der Waals surface area contributed by atoms with E-state index >= 15 is 0 Å². The van der Waals surface area contributed by atoms with Crippen molar-refractivity contribution in [1.82, 2.24) is 10.2 Å². The molecule has 0 aromatic carbocycles. The van der Waals surface area contributed by atoms with Crippen LogP contribution in [-0.2, 0) is 6.61 Å². The molecule has 52 valence electrons. The lowest BCUT2D eigenvalue weighted by molar-refractivity contribution is 0.276. The number of hydrogen-bond donors (Lipinski definition) is 2. The summed E-state index contributed by atoms with van der Waals surface area (Å²) >= 11 is 3.17. The number of hydrogen-bond acceptors (Lipinski definition) is 2. The Morgan fingerprint density at radius 2 is 2.44 bits per heavy atom. The van der Waals surface area contributed by atoms with Gasteiger partial charge in [-0.1, -0.05) is 0 Å². The lowest BCUT2D eigenvalue weighted by Crippen LogP contribution is -1.81. The van der Waals surface area contributed by atoms with Crippen LogP contribution < -0.4 is 0 Å². The molecule has 1 heterocycles. The third-order valence-corrected chi connectivity index (χ3v) is 1.51. The van der Waals surface area contributed by atoms with Gasteiger partial charge in [0.1, 0.15) is 0 Å². The number of aromatic nitrogens is 2. The minimum absolute atomic E-state index is 0. The maximum atomic E-state index is 8.51. The van der Waals surface area contributed by atoms with E-state index in [1.807, 2.05) is 0 Å². The van der Waals surface area contributed by atoms with Crippen molar-refractivity contribution < 1.29 is 5.11 Å². The van der Waals surface area contributed by atoms with Gasteiger partial charge in [0.2, 0.25) is 0 Å². The molecular formula is C4H6BrClN2O. The molecule has 0 amide bonds. The summed E-state index contributed by atoms with van der Waals surface area (Å²) in [4.78, 5) is 0. The van der Waals surface area contributed by atoms with Gasteiger partial charge in [-0.2, -0.15) is 5.10 Å².